The lowest BCUT2D eigenvalue weighted by Crippen LogP contribution is -2.36. The summed E-state index contributed by atoms with van der Waals surface area (Å²) in [5.41, 5.74) is 3.67. The van der Waals surface area contributed by atoms with Gasteiger partial charge in [0.1, 0.15) is 0 Å². The van der Waals surface area contributed by atoms with E-state index in [9.17, 15) is 0 Å². The van der Waals surface area contributed by atoms with Crippen LogP contribution in [-0.4, -0.2) is 36.1 Å². The second-order valence-electron chi connectivity index (χ2n) is 6.47. The lowest BCUT2D eigenvalue weighted by molar-refractivity contribution is 0.176. The maximum atomic E-state index is 4.65. The lowest BCUT2D eigenvalue weighted by atomic mass is 9.96. The summed E-state index contributed by atoms with van der Waals surface area (Å²) in [5.74, 6) is 0.854. The van der Waals surface area contributed by atoms with E-state index in [0.29, 0.717) is 0 Å². The second kappa shape index (κ2) is 7.21. The van der Waals surface area contributed by atoms with Gasteiger partial charge in [-0.15, -0.1) is 0 Å². The molecule has 0 spiro atoms. The van der Waals surface area contributed by atoms with E-state index in [4.69, 9.17) is 0 Å². The van der Waals surface area contributed by atoms with E-state index in [0.717, 1.165) is 30.2 Å². The van der Waals surface area contributed by atoms with Crippen molar-refractivity contribution in [2.75, 3.05) is 26.2 Å². The van der Waals surface area contributed by atoms with E-state index in [2.05, 4.69) is 59.4 Å². The van der Waals surface area contributed by atoms with Crippen LogP contribution in [-0.2, 0) is 6.54 Å². The van der Waals surface area contributed by atoms with E-state index in [1.54, 1.807) is 0 Å². The Balaban J connectivity index is 1.67. The summed E-state index contributed by atoms with van der Waals surface area (Å²) in [4.78, 5) is 7.25. The zero-order chi connectivity index (χ0) is 15.4. The van der Waals surface area contributed by atoms with Crippen LogP contribution in [0.15, 0.2) is 30.3 Å². The minimum absolute atomic E-state index is 0.854. The van der Waals surface area contributed by atoms with Crippen molar-refractivity contribution in [2.45, 2.75) is 33.2 Å². The first-order chi connectivity index (χ1) is 10.8. The van der Waals surface area contributed by atoms with Crippen molar-refractivity contribution in [2.24, 2.45) is 5.92 Å². The molecule has 1 saturated heterocycles. The van der Waals surface area contributed by atoms with Gasteiger partial charge in [-0.25, -0.2) is 0 Å². The van der Waals surface area contributed by atoms with Gasteiger partial charge in [-0.05, 0) is 69.6 Å². The molecule has 3 rings (SSSR count). The van der Waals surface area contributed by atoms with Gasteiger partial charge in [0.2, 0.25) is 0 Å². The van der Waals surface area contributed by atoms with Gasteiger partial charge in [0.25, 0.3) is 0 Å². The third-order valence-corrected chi connectivity index (χ3v) is 4.71. The number of nitrogens with zero attached hydrogens (tertiary/aromatic N) is 2. The van der Waals surface area contributed by atoms with Crippen LogP contribution in [0.2, 0.25) is 0 Å². The lowest BCUT2D eigenvalue weighted by Gasteiger charge is -2.32. The number of hydrogen-bond donors (Lipinski definition) is 1. The number of fused-ring (bicyclic) bond motifs is 1. The van der Waals surface area contributed by atoms with Crippen molar-refractivity contribution in [3.8, 4) is 0 Å². The highest BCUT2D eigenvalue weighted by Gasteiger charge is 2.19. The molecule has 1 aromatic carbocycles. The van der Waals surface area contributed by atoms with Crippen molar-refractivity contribution in [1.29, 1.82) is 0 Å². The SMILES string of the molecule is CCNCC1CCN(Cc2cc(C)nc3ccccc23)CC1. The number of para-hydroxylation sites is 1. The number of piperidine rings is 1. The van der Waals surface area contributed by atoms with E-state index >= 15 is 0 Å². The first-order valence-corrected chi connectivity index (χ1v) is 8.54. The summed E-state index contributed by atoms with van der Waals surface area (Å²) in [6, 6.07) is 10.8. The van der Waals surface area contributed by atoms with Crippen LogP contribution in [0.3, 0.4) is 0 Å². The summed E-state index contributed by atoms with van der Waals surface area (Å²) in [6.07, 6.45) is 2.63. The van der Waals surface area contributed by atoms with Crippen molar-refractivity contribution in [3.63, 3.8) is 0 Å². The Labute approximate surface area is 133 Å². The van der Waals surface area contributed by atoms with Crippen LogP contribution < -0.4 is 5.32 Å². The number of likely N-dealkylation sites (tertiary alicyclic amines) is 1. The van der Waals surface area contributed by atoms with Gasteiger partial charge >= 0.3 is 0 Å². The van der Waals surface area contributed by atoms with Gasteiger partial charge in [0.05, 0.1) is 5.52 Å². The van der Waals surface area contributed by atoms with Crippen molar-refractivity contribution >= 4 is 10.9 Å². The number of pyridine rings is 1. The third kappa shape index (κ3) is 3.65. The monoisotopic (exact) mass is 297 g/mol. The highest BCUT2D eigenvalue weighted by Crippen LogP contribution is 2.23. The summed E-state index contributed by atoms with van der Waals surface area (Å²) >= 11 is 0. The van der Waals surface area contributed by atoms with E-state index in [1.165, 1.54) is 43.4 Å². The van der Waals surface area contributed by atoms with Crippen LogP contribution in [0.25, 0.3) is 10.9 Å². The number of nitrogens with one attached hydrogen (secondary N) is 1. The Bertz CT molecular complexity index is 615. The third-order valence-electron chi connectivity index (χ3n) is 4.71. The van der Waals surface area contributed by atoms with Crippen molar-refractivity contribution < 1.29 is 0 Å². The number of hydrogen-bond acceptors (Lipinski definition) is 3. The molecule has 0 bridgehead atoms. The largest absolute Gasteiger partial charge is 0.317 e. The van der Waals surface area contributed by atoms with Crippen LogP contribution in [0.1, 0.15) is 31.0 Å². The molecule has 2 heterocycles. The van der Waals surface area contributed by atoms with E-state index in [1.807, 2.05) is 0 Å². The minimum atomic E-state index is 0.854. The molecule has 118 valence electrons. The Morgan fingerprint density at radius 2 is 2.00 bits per heavy atom. The van der Waals surface area contributed by atoms with Gasteiger partial charge in [-0.3, -0.25) is 9.88 Å². The van der Waals surface area contributed by atoms with Gasteiger partial charge in [0.15, 0.2) is 0 Å². The molecule has 0 amide bonds. The molecule has 0 aliphatic carbocycles. The van der Waals surface area contributed by atoms with Crippen LogP contribution >= 0.6 is 0 Å². The molecular formula is C19H27N3. The molecule has 3 heteroatoms. The predicted molar refractivity (Wildman–Crippen MR) is 93.0 cm³/mol. The van der Waals surface area contributed by atoms with Gasteiger partial charge in [-0.2, -0.15) is 0 Å². The van der Waals surface area contributed by atoms with Crippen LogP contribution in [0.4, 0.5) is 0 Å². The highest BCUT2D eigenvalue weighted by atomic mass is 15.1. The predicted octanol–water partition coefficient (Wildman–Crippen LogP) is 3.36. The standard InChI is InChI=1S/C19H27N3/c1-3-20-13-16-8-10-22(11-9-16)14-17-12-15(2)21-19-7-5-4-6-18(17)19/h4-7,12,16,20H,3,8-11,13-14H2,1-2H3. The summed E-state index contributed by atoms with van der Waals surface area (Å²) in [5, 5.41) is 4.80. The fourth-order valence-electron chi connectivity index (χ4n) is 3.46. The molecule has 3 nitrogen and oxygen atoms in total. The van der Waals surface area contributed by atoms with Gasteiger partial charge in [-0.1, -0.05) is 25.1 Å². The number of benzene rings is 1. The van der Waals surface area contributed by atoms with Gasteiger partial charge < -0.3 is 5.32 Å². The average Bonchev–Trinajstić information content (AvgIpc) is 2.54. The molecule has 1 fully saturated rings. The van der Waals surface area contributed by atoms with Crippen molar-refractivity contribution in [1.82, 2.24) is 15.2 Å². The Morgan fingerprint density at radius 3 is 2.77 bits per heavy atom. The van der Waals surface area contributed by atoms with Crippen LogP contribution in [0.5, 0.6) is 0 Å². The Morgan fingerprint density at radius 1 is 1.23 bits per heavy atom. The average molecular weight is 297 g/mol. The van der Waals surface area contributed by atoms with Crippen molar-refractivity contribution in [3.05, 3.63) is 41.6 Å². The number of rotatable bonds is 5. The highest BCUT2D eigenvalue weighted by molar-refractivity contribution is 5.82. The van der Waals surface area contributed by atoms with Gasteiger partial charge in [0, 0.05) is 17.6 Å². The summed E-state index contributed by atoms with van der Waals surface area (Å²) < 4.78 is 0. The number of aryl methyl sites for hydroxylation is 1. The molecule has 0 unspecified atom stereocenters. The summed E-state index contributed by atoms with van der Waals surface area (Å²) in [6.45, 7) is 10.0. The first-order valence-electron chi connectivity index (χ1n) is 8.54. The number of aromatic nitrogens is 1. The fraction of sp³-hybridized carbons (Fsp3) is 0.526. The minimum Gasteiger partial charge on any atom is -0.317 e. The zero-order valence-corrected chi connectivity index (χ0v) is 13.8. The molecule has 0 saturated carbocycles. The fourth-order valence-corrected chi connectivity index (χ4v) is 3.46. The Hall–Kier alpha value is -1.45. The van der Waals surface area contributed by atoms with Crippen LogP contribution in [0, 0.1) is 12.8 Å². The summed E-state index contributed by atoms with van der Waals surface area (Å²) in [7, 11) is 0. The molecule has 1 N–H and O–H groups in total. The zero-order valence-electron chi connectivity index (χ0n) is 13.8. The first kappa shape index (κ1) is 15.4. The Kier molecular flexibility index (Phi) is 5.06. The van der Waals surface area contributed by atoms with E-state index in [-0.39, 0.29) is 0 Å². The molecule has 1 aliphatic rings. The molecule has 1 aromatic heterocycles. The molecule has 0 radical (unpaired) electrons. The quantitative estimate of drug-likeness (QED) is 0.917. The molecule has 0 atom stereocenters. The topological polar surface area (TPSA) is 28.2 Å². The molecule has 22 heavy (non-hydrogen) atoms. The second-order valence-corrected chi connectivity index (χ2v) is 6.47. The maximum Gasteiger partial charge on any atom is 0.0708 e. The molecular weight excluding hydrogens is 270 g/mol. The molecule has 1 aliphatic heterocycles. The smallest absolute Gasteiger partial charge is 0.0708 e. The molecule has 2 aromatic rings. The normalized spacial score (nSPS) is 17.2. The maximum absolute atomic E-state index is 4.65. The van der Waals surface area contributed by atoms with E-state index < -0.39 is 0 Å².